The summed E-state index contributed by atoms with van der Waals surface area (Å²) < 4.78 is 10.4. The molecule has 1 unspecified atom stereocenters. The number of nitrogens with one attached hydrogen (secondary N) is 2. The summed E-state index contributed by atoms with van der Waals surface area (Å²) in [6, 6.07) is 8.62. The van der Waals surface area contributed by atoms with E-state index in [0.717, 1.165) is 56.9 Å². The van der Waals surface area contributed by atoms with E-state index < -0.39 is 0 Å². The number of ether oxygens (including phenoxy) is 2. The molecule has 1 atom stereocenters. The summed E-state index contributed by atoms with van der Waals surface area (Å²) in [7, 11) is 1.69. The number of methoxy groups -OCH3 is 1. The van der Waals surface area contributed by atoms with Crippen LogP contribution in [0.25, 0.3) is 0 Å². The Kier molecular flexibility index (Phi) is 9.81. The first-order valence-corrected chi connectivity index (χ1v) is 10.9. The van der Waals surface area contributed by atoms with Crippen LogP contribution in [-0.2, 0) is 9.53 Å². The molecule has 0 spiro atoms. The lowest BCUT2D eigenvalue weighted by atomic mass is 9.86. The maximum Gasteiger partial charge on any atom is 0.308 e. The number of carbonyl (C=O) groups excluding carboxylic acids is 1. The number of hydrogen-bond acceptors (Lipinski definition) is 4. The summed E-state index contributed by atoms with van der Waals surface area (Å²) in [6.45, 7) is 8.23. The van der Waals surface area contributed by atoms with Crippen LogP contribution in [0.1, 0.15) is 64.4 Å². The molecule has 1 saturated carbocycles. The normalized spacial score (nSPS) is 20.6. The fourth-order valence-electron chi connectivity index (χ4n) is 3.72. The van der Waals surface area contributed by atoms with E-state index in [0.29, 0.717) is 18.6 Å². The highest BCUT2D eigenvalue weighted by Crippen LogP contribution is 2.25. The lowest BCUT2D eigenvalue weighted by Gasteiger charge is -2.29. The van der Waals surface area contributed by atoms with E-state index in [-0.39, 0.29) is 11.9 Å². The van der Waals surface area contributed by atoms with Crippen molar-refractivity contribution in [1.82, 2.24) is 10.6 Å². The highest BCUT2D eigenvalue weighted by molar-refractivity contribution is 5.80. The molecule has 0 heterocycles. The SMILES string of the molecule is CCNC(=NCCC(C)c1ccc(OC)cc1)NC1CCC(C(=O)OCC)CC1. The summed E-state index contributed by atoms with van der Waals surface area (Å²) in [5.41, 5.74) is 1.30. The molecule has 1 aromatic rings. The highest BCUT2D eigenvalue weighted by Gasteiger charge is 2.27. The monoisotopic (exact) mass is 403 g/mol. The molecule has 2 N–H and O–H groups in total. The van der Waals surface area contributed by atoms with Crippen LogP contribution >= 0.6 is 0 Å². The Morgan fingerprint density at radius 1 is 1.17 bits per heavy atom. The van der Waals surface area contributed by atoms with Crippen molar-refractivity contribution in [3.8, 4) is 5.75 Å². The van der Waals surface area contributed by atoms with E-state index in [9.17, 15) is 4.79 Å². The van der Waals surface area contributed by atoms with Gasteiger partial charge in [-0.25, -0.2) is 0 Å². The van der Waals surface area contributed by atoms with Crippen LogP contribution in [0.15, 0.2) is 29.3 Å². The standard InChI is InChI=1S/C23H37N3O3/c1-5-24-23(26-20-11-7-19(8-12-20)22(27)29-6-2)25-16-15-17(3)18-9-13-21(28-4)14-10-18/h9-10,13-14,17,19-20H,5-8,11-12,15-16H2,1-4H3,(H2,24,25,26). The van der Waals surface area contributed by atoms with E-state index in [1.165, 1.54) is 5.56 Å². The first-order valence-electron chi connectivity index (χ1n) is 10.9. The van der Waals surface area contributed by atoms with Crippen molar-refractivity contribution in [2.24, 2.45) is 10.9 Å². The summed E-state index contributed by atoms with van der Waals surface area (Å²) in [5.74, 6) is 2.20. The number of hydrogen-bond donors (Lipinski definition) is 2. The van der Waals surface area contributed by atoms with E-state index in [1.54, 1.807) is 7.11 Å². The van der Waals surface area contributed by atoms with Gasteiger partial charge in [0.25, 0.3) is 0 Å². The van der Waals surface area contributed by atoms with Crippen LogP contribution in [0, 0.1) is 5.92 Å². The Labute approximate surface area is 175 Å². The van der Waals surface area contributed by atoms with Gasteiger partial charge in [0.05, 0.1) is 19.6 Å². The highest BCUT2D eigenvalue weighted by atomic mass is 16.5. The molecule has 1 aliphatic rings. The van der Waals surface area contributed by atoms with Crippen LogP contribution in [0.3, 0.4) is 0 Å². The minimum absolute atomic E-state index is 0.0426. The second-order valence-corrected chi connectivity index (χ2v) is 7.67. The van der Waals surface area contributed by atoms with Gasteiger partial charge in [-0.1, -0.05) is 19.1 Å². The zero-order valence-electron chi connectivity index (χ0n) is 18.4. The number of benzene rings is 1. The van der Waals surface area contributed by atoms with Gasteiger partial charge in [-0.05, 0) is 69.6 Å². The van der Waals surface area contributed by atoms with Gasteiger partial charge in [-0.2, -0.15) is 0 Å². The van der Waals surface area contributed by atoms with Gasteiger partial charge >= 0.3 is 5.97 Å². The fourth-order valence-corrected chi connectivity index (χ4v) is 3.72. The van der Waals surface area contributed by atoms with Gasteiger partial charge in [-0.15, -0.1) is 0 Å². The molecule has 162 valence electrons. The summed E-state index contributed by atoms with van der Waals surface area (Å²) in [5, 5.41) is 6.89. The number of guanidine groups is 1. The zero-order chi connectivity index (χ0) is 21.1. The predicted molar refractivity (Wildman–Crippen MR) is 118 cm³/mol. The van der Waals surface area contributed by atoms with Crippen molar-refractivity contribution in [3.05, 3.63) is 29.8 Å². The molecular formula is C23H37N3O3. The van der Waals surface area contributed by atoms with Crippen molar-refractivity contribution in [2.45, 2.75) is 64.8 Å². The van der Waals surface area contributed by atoms with Crippen LogP contribution in [-0.4, -0.2) is 44.8 Å². The molecule has 1 fully saturated rings. The van der Waals surface area contributed by atoms with E-state index in [4.69, 9.17) is 14.5 Å². The van der Waals surface area contributed by atoms with Crippen molar-refractivity contribution in [1.29, 1.82) is 0 Å². The van der Waals surface area contributed by atoms with Crippen LogP contribution in [0.4, 0.5) is 0 Å². The van der Waals surface area contributed by atoms with E-state index in [2.05, 4.69) is 36.6 Å². The summed E-state index contributed by atoms with van der Waals surface area (Å²) >= 11 is 0. The Morgan fingerprint density at radius 3 is 2.45 bits per heavy atom. The minimum atomic E-state index is -0.0426. The van der Waals surface area contributed by atoms with Gasteiger partial charge in [0.2, 0.25) is 0 Å². The smallest absolute Gasteiger partial charge is 0.308 e. The molecule has 1 aliphatic carbocycles. The lowest BCUT2D eigenvalue weighted by molar-refractivity contribution is -0.149. The maximum atomic E-state index is 11.9. The molecule has 1 aromatic carbocycles. The quantitative estimate of drug-likeness (QED) is 0.372. The Balaban J connectivity index is 1.81. The number of carbonyl (C=O) groups is 1. The van der Waals surface area contributed by atoms with Crippen LogP contribution < -0.4 is 15.4 Å². The van der Waals surface area contributed by atoms with Crippen LogP contribution in [0.2, 0.25) is 0 Å². The summed E-state index contributed by atoms with van der Waals surface area (Å²) in [4.78, 5) is 16.7. The number of rotatable bonds is 9. The zero-order valence-corrected chi connectivity index (χ0v) is 18.4. The van der Waals surface area contributed by atoms with Crippen molar-refractivity contribution < 1.29 is 14.3 Å². The molecule has 0 amide bonds. The van der Waals surface area contributed by atoms with E-state index >= 15 is 0 Å². The maximum absolute atomic E-state index is 11.9. The number of nitrogens with zero attached hydrogens (tertiary/aromatic N) is 1. The van der Waals surface area contributed by atoms with Gasteiger partial charge in [0.1, 0.15) is 5.75 Å². The first-order chi connectivity index (χ1) is 14.1. The minimum Gasteiger partial charge on any atom is -0.497 e. The van der Waals surface area contributed by atoms with Gasteiger partial charge in [0.15, 0.2) is 5.96 Å². The molecule has 0 radical (unpaired) electrons. The lowest BCUT2D eigenvalue weighted by Crippen LogP contribution is -2.45. The predicted octanol–water partition coefficient (Wildman–Crippen LogP) is 3.87. The molecule has 6 heteroatoms. The Bertz CT molecular complexity index is 637. The van der Waals surface area contributed by atoms with Crippen molar-refractivity contribution >= 4 is 11.9 Å². The number of aliphatic imine (C=N–C) groups is 1. The van der Waals surface area contributed by atoms with Gasteiger partial charge < -0.3 is 20.1 Å². The van der Waals surface area contributed by atoms with Crippen molar-refractivity contribution in [2.75, 3.05) is 26.8 Å². The molecule has 0 bridgehead atoms. The molecular weight excluding hydrogens is 366 g/mol. The molecule has 0 saturated heterocycles. The third kappa shape index (κ3) is 7.59. The largest absolute Gasteiger partial charge is 0.497 e. The Morgan fingerprint density at radius 2 is 1.86 bits per heavy atom. The summed E-state index contributed by atoms with van der Waals surface area (Å²) in [6.07, 6.45) is 4.68. The molecule has 2 rings (SSSR count). The molecule has 0 aromatic heterocycles. The van der Waals surface area contributed by atoms with Crippen molar-refractivity contribution in [3.63, 3.8) is 0 Å². The van der Waals surface area contributed by atoms with E-state index in [1.807, 2.05) is 19.1 Å². The second-order valence-electron chi connectivity index (χ2n) is 7.67. The number of esters is 1. The Hall–Kier alpha value is -2.24. The topological polar surface area (TPSA) is 72.0 Å². The molecule has 0 aliphatic heterocycles. The average Bonchev–Trinajstić information content (AvgIpc) is 2.74. The fraction of sp³-hybridized carbons (Fsp3) is 0.652. The molecule has 6 nitrogen and oxygen atoms in total. The third-order valence-corrected chi connectivity index (χ3v) is 5.55. The second kappa shape index (κ2) is 12.3. The third-order valence-electron chi connectivity index (χ3n) is 5.55. The molecule has 29 heavy (non-hydrogen) atoms. The van der Waals surface area contributed by atoms with Gasteiger partial charge in [0, 0.05) is 19.1 Å². The first kappa shape index (κ1) is 23.0. The van der Waals surface area contributed by atoms with Gasteiger partial charge in [-0.3, -0.25) is 9.79 Å². The van der Waals surface area contributed by atoms with Crippen LogP contribution in [0.5, 0.6) is 5.75 Å². The average molecular weight is 404 g/mol.